The van der Waals surface area contributed by atoms with Gasteiger partial charge in [-0.15, -0.1) is 0 Å². The fourth-order valence-corrected chi connectivity index (χ4v) is 2.92. The number of para-hydroxylation sites is 2. The van der Waals surface area contributed by atoms with E-state index in [1.54, 1.807) is 30.5 Å². The highest BCUT2D eigenvalue weighted by Gasteiger charge is 2.07. The van der Waals surface area contributed by atoms with Crippen LogP contribution in [0.5, 0.6) is 0 Å². The van der Waals surface area contributed by atoms with Gasteiger partial charge in [0.25, 0.3) is 5.91 Å². The Morgan fingerprint density at radius 3 is 2.54 bits per heavy atom. The topological polar surface area (TPSA) is 66.9 Å². The van der Waals surface area contributed by atoms with Crippen molar-refractivity contribution in [3.63, 3.8) is 0 Å². The van der Waals surface area contributed by atoms with Gasteiger partial charge >= 0.3 is 0 Å². The molecule has 0 atom stereocenters. The molecule has 1 aromatic heterocycles. The lowest BCUT2D eigenvalue weighted by atomic mass is 10.1. The monoisotopic (exact) mass is 388 g/mol. The van der Waals surface area contributed by atoms with Gasteiger partial charge in [-0.2, -0.15) is 0 Å². The van der Waals surface area contributed by atoms with E-state index >= 15 is 0 Å². The zero-order chi connectivity index (χ0) is 19.3. The first-order valence-corrected chi connectivity index (χ1v) is 9.17. The molecule has 5 nitrogen and oxygen atoms in total. The third-order valence-corrected chi connectivity index (χ3v) is 4.46. The number of aromatic nitrogens is 2. The molecule has 0 fully saturated rings. The van der Waals surface area contributed by atoms with Crippen LogP contribution >= 0.6 is 11.6 Å². The van der Waals surface area contributed by atoms with Crippen LogP contribution < -0.4 is 10.6 Å². The van der Waals surface area contributed by atoms with Crippen molar-refractivity contribution in [2.75, 3.05) is 5.32 Å². The standard InChI is InChI=1S/C22H17ClN4O/c23-17-10-8-15(9-11-17)13-25-22(28)16-4-3-5-18(12-16)26-21-14-24-19-6-1-2-7-20(19)27-21/h1-12,14H,13H2,(H,25,28)(H,26,27). The van der Waals surface area contributed by atoms with E-state index in [1.165, 1.54) is 0 Å². The minimum Gasteiger partial charge on any atom is -0.348 e. The minimum absolute atomic E-state index is 0.150. The van der Waals surface area contributed by atoms with E-state index in [9.17, 15) is 4.79 Å². The molecule has 28 heavy (non-hydrogen) atoms. The maximum Gasteiger partial charge on any atom is 0.251 e. The third-order valence-electron chi connectivity index (χ3n) is 4.21. The molecule has 2 N–H and O–H groups in total. The zero-order valence-electron chi connectivity index (χ0n) is 14.9. The summed E-state index contributed by atoms with van der Waals surface area (Å²) in [5, 5.41) is 6.79. The summed E-state index contributed by atoms with van der Waals surface area (Å²) < 4.78 is 0. The molecule has 138 valence electrons. The van der Waals surface area contributed by atoms with E-state index in [-0.39, 0.29) is 5.91 Å². The van der Waals surface area contributed by atoms with Crippen molar-refractivity contribution in [3.8, 4) is 0 Å². The molecule has 0 aliphatic rings. The normalized spacial score (nSPS) is 10.6. The van der Waals surface area contributed by atoms with Crippen molar-refractivity contribution >= 4 is 40.0 Å². The number of nitrogens with one attached hydrogen (secondary N) is 2. The van der Waals surface area contributed by atoms with Crippen molar-refractivity contribution in [2.24, 2.45) is 0 Å². The number of hydrogen-bond donors (Lipinski definition) is 2. The minimum atomic E-state index is -0.150. The van der Waals surface area contributed by atoms with E-state index in [0.717, 1.165) is 22.3 Å². The highest BCUT2D eigenvalue weighted by molar-refractivity contribution is 6.30. The number of benzene rings is 3. The fraction of sp³-hybridized carbons (Fsp3) is 0.0455. The molecule has 0 spiro atoms. The molecule has 0 radical (unpaired) electrons. The Kier molecular flexibility index (Phi) is 5.17. The Morgan fingerprint density at radius 1 is 0.929 bits per heavy atom. The zero-order valence-corrected chi connectivity index (χ0v) is 15.6. The van der Waals surface area contributed by atoms with Crippen LogP contribution in [0.4, 0.5) is 11.5 Å². The lowest BCUT2D eigenvalue weighted by molar-refractivity contribution is 0.0951. The Balaban J connectivity index is 1.45. The van der Waals surface area contributed by atoms with Crippen LogP contribution in [-0.4, -0.2) is 15.9 Å². The van der Waals surface area contributed by atoms with Gasteiger partial charge in [-0.25, -0.2) is 4.98 Å². The van der Waals surface area contributed by atoms with Crippen LogP contribution in [-0.2, 0) is 6.54 Å². The van der Waals surface area contributed by atoms with Crippen molar-refractivity contribution in [2.45, 2.75) is 6.54 Å². The predicted octanol–water partition coefficient (Wildman–Crippen LogP) is 4.96. The summed E-state index contributed by atoms with van der Waals surface area (Å²) in [6.45, 7) is 0.434. The first kappa shape index (κ1) is 17.9. The summed E-state index contributed by atoms with van der Waals surface area (Å²) >= 11 is 5.88. The molecular weight excluding hydrogens is 372 g/mol. The second-order valence-electron chi connectivity index (χ2n) is 6.26. The number of halogens is 1. The average molecular weight is 389 g/mol. The quantitative estimate of drug-likeness (QED) is 0.507. The van der Waals surface area contributed by atoms with Crippen LogP contribution in [0.1, 0.15) is 15.9 Å². The fourth-order valence-electron chi connectivity index (χ4n) is 2.79. The van der Waals surface area contributed by atoms with E-state index in [2.05, 4.69) is 20.6 Å². The van der Waals surface area contributed by atoms with Gasteiger partial charge in [0.15, 0.2) is 0 Å². The van der Waals surface area contributed by atoms with E-state index in [0.29, 0.717) is 22.9 Å². The number of amides is 1. The lowest BCUT2D eigenvalue weighted by Crippen LogP contribution is -2.22. The van der Waals surface area contributed by atoms with Crippen molar-refractivity contribution in [1.29, 1.82) is 0 Å². The Hall–Kier alpha value is -3.44. The number of carbonyl (C=O) groups is 1. The van der Waals surface area contributed by atoms with E-state index < -0.39 is 0 Å². The van der Waals surface area contributed by atoms with Gasteiger partial charge < -0.3 is 10.6 Å². The second-order valence-corrected chi connectivity index (χ2v) is 6.70. The Labute approximate surface area is 167 Å². The molecule has 1 amide bonds. The number of hydrogen-bond acceptors (Lipinski definition) is 4. The predicted molar refractivity (Wildman–Crippen MR) is 112 cm³/mol. The Bertz CT molecular complexity index is 1130. The average Bonchev–Trinajstić information content (AvgIpc) is 2.73. The van der Waals surface area contributed by atoms with Gasteiger partial charge in [0, 0.05) is 22.8 Å². The molecule has 0 unspecified atom stereocenters. The molecule has 0 saturated heterocycles. The summed E-state index contributed by atoms with van der Waals surface area (Å²) in [7, 11) is 0. The van der Waals surface area contributed by atoms with E-state index in [1.807, 2.05) is 48.5 Å². The summed E-state index contributed by atoms with van der Waals surface area (Å²) in [5.74, 6) is 0.473. The van der Waals surface area contributed by atoms with Gasteiger partial charge in [0.05, 0.1) is 17.2 Å². The van der Waals surface area contributed by atoms with Crippen LogP contribution in [0.3, 0.4) is 0 Å². The molecule has 6 heteroatoms. The first-order chi connectivity index (χ1) is 13.7. The van der Waals surface area contributed by atoms with Crippen LogP contribution in [0, 0.1) is 0 Å². The second kappa shape index (κ2) is 8.06. The molecule has 4 rings (SSSR count). The highest BCUT2D eigenvalue weighted by atomic mass is 35.5. The Morgan fingerprint density at radius 2 is 1.71 bits per heavy atom. The van der Waals surface area contributed by atoms with Crippen molar-refractivity contribution in [1.82, 2.24) is 15.3 Å². The van der Waals surface area contributed by atoms with Gasteiger partial charge in [0.1, 0.15) is 5.82 Å². The lowest BCUT2D eigenvalue weighted by Gasteiger charge is -2.09. The number of nitrogens with zero attached hydrogens (tertiary/aromatic N) is 2. The van der Waals surface area contributed by atoms with Crippen molar-refractivity contribution in [3.05, 3.63) is 95.1 Å². The SMILES string of the molecule is O=C(NCc1ccc(Cl)cc1)c1cccc(Nc2cnc3ccccc3n2)c1. The molecule has 0 saturated carbocycles. The molecular formula is C22H17ClN4O. The molecule has 0 aliphatic heterocycles. The molecule has 1 heterocycles. The highest BCUT2D eigenvalue weighted by Crippen LogP contribution is 2.18. The van der Waals surface area contributed by atoms with Crippen LogP contribution in [0.2, 0.25) is 5.02 Å². The largest absolute Gasteiger partial charge is 0.348 e. The van der Waals surface area contributed by atoms with Gasteiger partial charge in [-0.05, 0) is 48.0 Å². The van der Waals surface area contributed by atoms with E-state index in [4.69, 9.17) is 11.6 Å². The molecule has 0 aliphatic carbocycles. The number of carbonyl (C=O) groups excluding carboxylic acids is 1. The maximum absolute atomic E-state index is 12.5. The summed E-state index contributed by atoms with van der Waals surface area (Å²) in [6.07, 6.45) is 1.68. The number of fused-ring (bicyclic) bond motifs is 1. The van der Waals surface area contributed by atoms with Crippen molar-refractivity contribution < 1.29 is 4.79 Å². The smallest absolute Gasteiger partial charge is 0.251 e. The number of rotatable bonds is 5. The van der Waals surface area contributed by atoms with Crippen LogP contribution in [0.15, 0.2) is 79.0 Å². The van der Waals surface area contributed by atoms with Gasteiger partial charge in [-0.1, -0.05) is 41.9 Å². The number of anilines is 2. The first-order valence-electron chi connectivity index (χ1n) is 8.79. The van der Waals surface area contributed by atoms with Crippen LogP contribution in [0.25, 0.3) is 11.0 Å². The molecule has 3 aromatic carbocycles. The summed E-state index contributed by atoms with van der Waals surface area (Å²) in [6, 6.07) is 22.3. The molecule has 4 aromatic rings. The van der Waals surface area contributed by atoms with Gasteiger partial charge in [0.2, 0.25) is 0 Å². The summed E-state index contributed by atoms with van der Waals surface area (Å²) in [5.41, 5.74) is 3.96. The summed E-state index contributed by atoms with van der Waals surface area (Å²) in [4.78, 5) is 21.4. The molecule has 0 bridgehead atoms. The van der Waals surface area contributed by atoms with Gasteiger partial charge in [-0.3, -0.25) is 9.78 Å². The maximum atomic E-state index is 12.5. The third kappa shape index (κ3) is 4.27.